The van der Waals surface area contributed by atoms with E-state index in [0.717, 1.165) is 40.5 Å². The third kappa shape index (κ3) is 4.38. The summed E-state index contributed by atoms with van der Waals surface area (Å²) >= 11 is 5.04. The number of rotatable bonds is 5. The summed E-state index contributed by atoms with van der Waals surface area (Å²) in [5.74, 6) is -0.0314. The lowest BCUT2D eigenvalue weighted by molar-refractivity contribution is -0.115. The summed E-state index contributed by atoms with van der Waals surface area (Å²) in [4.78, 5) is 19.1. The molecule has 1 aliphatic rings. The van der Waals surface area contributed by atoms with Gasteiger partial charge in [0.1, 0.15) is 5.01 Å². The van der Waals surface area contributed by atoms with E-state index in [1.54, 1.807) is 11.3 Å². The summed E-state index contributed by atoms with van der Waals surface area (Å²) in [6.07, 6.45) is 2.89. The smallest absolute Gasteiger partial charge is 0.230 e. The normalized spacial score (nSPS) is 15.1. The zero-order valence-electron chi connectivity index (χ0n) is 12.2. The molecule has 4 nitrogen and oxygen atoms in total. The molecule has 6 heteroatoms. The molecule has 0 spiro atoms. The zero-order valence-corrected chi connectivity index (χ0v) is 14.6. The molecule has 3 rings (SSSR count). The number of hydrogen-bond donors (Lipinski definition) is 1. The van der Waals surface area contributed by atoms with Crippen molar-refractivity contribution in [1.82, 2.24) is 9.88 Å². The Hall–Kier alpha value is -1.24. The lowest BCUT2D eigenvalue weighted by Gasteiger charge is -2.11. The fraction of sp³-hybridized carbons (Fsp3) is 0.375. The van der Waals surface area contributed by atoms with Crippen LogP contribution in [0.5, 0.6) is 0 Å². The Morgan fingerprint density at radius 3 is 2.95 bits per heavy atom. The van der Waals surface area contributed by atoms with Crippen LogP contribution in [0.4, 0.5) is 5.69 Å². The molecular formula is C16H18BrN3OS. The number of nitrogens with zero attached hydrogens (tertiary/aromatic N) is 2. The minimum absolute atomic E-state index is 0.0314. The van der Waals surface area contributed by atoms with Gasteiger partial charge in [0.05, 0.1) is 18.7 Å². The Morgan fingerprint density at radius 1 is 1.36 bits per heavy atom. The lowest BCUT2D eigenvalue weighted by atomic mass is 10.3. The molecule has 0 radical (unpaired) electrons. The number of benzene rings is 1. The molecule has 2 aromatic rings. The molecule has 1 aliphatic heterocycles. The van der Waals surface area contributed by atoms with Crippen molar-refractivity contribution in [2.45, 2.75) is 25.8 Å². The Balaban J connectivity index is 1.54. The average Bonchev–Trinajstić information content (AvgIpc) is 3.11. The van der Waals surface area contributed by atoms with Crippen molar-refractivity contribution in [2.24, 2.45) is 0 Å². The summed E-state index contributed by atoms with van der Waals surface area (Å²) < 4.78 is 0.951. The van der Waals surface area contributed by atoms with Crippen LogP contribution in [-0.2, 0) is 17.8 Å². The van der Waals surface area contributed by atoms with E-state index < -0.39 is 0 Å². The van der Waals surface area contributed by atoms with Gasteiger partial charge in [0.15, 0.2) is 0 Å². The maximum atomic E-state index is 12.1. The fourth-order valence-corrected chi connectivity index (χ4v) is 3.81. The molecule has 2 heterocycles. The second-order valence-corrected chi connectivity index (χ2v) is 7.31. The third-order valence-corrected chi connectivity index (χ3v) is 4.98. The quantitative estimate of drug-likeness (QED) is 0.861. The molecule has 0 bridgehead atoms. The van der Waals surface area contributed by atoms with Crippen LogP contribution in [0.25, 0.3) is 0 Å². The second kappa shape index (κ2) is 7.35. The predicted octanol–water partition coefficient (Wildman–Crippen LogP) is 3.68. The molecule has 1 aromatic heterocycles. The van der Waals surface area contributed by atoms with E-state index in [9.17, 15) is 4.79 Å². The number of hydrogen-bond acceptors (Lipinski definition) is 4. The molecular weight excluding hydrogens is 362 g/mol. The highest BCUT2D eigenvalue weighted by Crippen LogP contribution is 2.18. The molecule has 1 saturated heterocycles. The van der Waals surface area contributed by atoms with Crippen LogP contribution < -0.4 is 5.32 Å². The van der Waals surface area contributed by atoms with Crippen molar-refractivity contribution in [3.63, 3.8) is 0 Å². The molecule has 0 unspecified atom stereocenters. The lowest BCUT2D eigenvalue weighted by Crippen LogP contribution is -2.18. The summed E-state index contributed by atoms with van der Waals surface area (Å²) in [5.41, 5.74) is 1.65. The number of amides is 1. The Labute approximate surface area is 142 Å². The van der Waals surface area contributed by atoms with Crippen molar-refractivity contribution in [2.75, 3.05) is 18.4 Å². The van der Waals surface area contributed by atoms with Gasteiger partial charge in [0.2, 0.25) is 5.91 Å². The Kier molecular flexibility index (Phi) is 5.23. The second-order valence-electron chi connectivity index (χ2n) is 5.45. The summed E-state index contributed by atoms with van der Waals surface area (Å²) in [6, 6.07) is 7.59. The third-order valence-electron chi connectivity index (χ3n) is 3.61. The van der Waals surface area contributed by atoms with Crippen LogP contribution in [-0.4, -0.2) is 28.9 Å². The first kappa shape index (κ1) is 15.6. The molecule has 116 valence electrons. The number of nitrogens with one attached hydrogen (secondary N) is 1. The van der Waals surface area contributed by atoms with Gasteiger partial charge in [-0.25, -0.2) is 4.98 Å². The topological polar surface area (TPSA) is 45.2 Å². The van der Waals surface area contributed by atoms with Crippen LogP contribution in [0.1, 0.15) is 23.5 Å². The van der Waals surface area contributed by atoms with E-state index in [-0.39, 0.29) is 5.91 Å². The highest BCUT2D eigenvalue weighted by molar-refractivity contribution is 9.10. The SMILES string of the molecule is O=C(Cc1csc(CN2CCCC2)n1)Nc1cccc(Br)c1. The molecule has 1 N–H and O–H groups in total. The average molecular weight is 380 g/mol. The van der Waals surface area contributed by atoms with Gasteiger partial charge < -0.3 is 5.32 Å². The van der Waals surface area contributed by atoms with Crippen molar-refractivity contribution < 1.29 is 4.79 Å². The number of aromatic nitrogens is 1. The van der Waals surface area contributed by atoms with Crippen LogP contribution in [0, 0.1) is 0 Å². The number of carbonyl (C=O) groups excluding carboxylic acids is 1. The standard InChI is InChI=1S/C16H18BrN3OS/c17-12-4-3-5-13(8-12)18-15(21)9-14-11-22-16(19-14)10-20-6-1-2-7-20/h3-5,8,11H,1-2,6-7,9-10H2,(H,18,21). The number of anilines is 1. The Morgan fingerprint density at radius 2 is 2.18 bits per heavy atom. The van der Waals surface area contributed by atoms with Crippen molar-refractivity contribution in [3.05, 3.63) is 44.8 Å². The van der Waals surface area contributed by atoms with Crippen LogP contribution in [0.15, 0.2) is 34.1 Å². The van der Waals surface area contributed by atoms with Gasteiger partial charge in [0.25, 0.3) is 0 Å². The molecule has 1 aromatic carbocycles. The van der Waals surface area contributed by atoms with Crippen molar-refractivity contribution >= 4 is 38.9 Å². The van der Waals surface area contributed by atoms with Gasteiger partial charge in [-0.05, 0) is 44.1 Å². The highest BCUT2D eigenvalue weighted by atomic mass is 79.9. The van der Waals surface area contributed by atoms with Crippen LogP contribution >= 0.6 is 27.3 Å². The minimum Gasteiger partial charge on any atom is -0.326 e. The summed E-state index contributed by atoms with van der Waals surface area (Å²) in [6.45, 7) is 3.24. The number of carbonyl (C=O) groups is 1. The maximum absolute atomic E-state index is 12.1. The maximum Gasteiger partial charge on any atom is 0.230 e. The number of thiazole rings is 1. The fourth-order valence-electron chi connectivity index (χ4n) is 2.57. The number of halogens is 1. The van der Waals surface area contributed by atoms with E-state index in [0.29, 0.717) is 6.42 Å². The van der Waals surface area contributed by atoms with Gasteiger partial charge in [-0.3, -0.25) is 9.69 Å². The molecule has 1 fully saturated rings. The number of likely N-dealkylation sites (tertiary alicyclic amines) is 1. The first-order valence-corrected chi connectivity index (χ1v) is 9.07. The molecule has 0 saturated carbocycles. The van der Waals surface area contributed by atoms with E-state index in [1.165, 1.54) is 12.8 Å². The van der Waals surface area contributed by atoms with Gasteiger partial charge in [-0.15, -0.1) is 11.3 Å². The van der Waals surface area contributed by atoms with Crippen LogP contribution in [0.2, 0.25) is 0 Å². The molecule has 0 aliphatic carbocycles. The monoisotopic (exact) mass is 379 g/mol. The first-order valence-electron chi connectivity index (χ1n) is 7.40. The highest BCUT2D eigenvalue weighted by Gasteiger charge is 2.14. The summed E-state index contributed by atoms with van der Waals surface area (Å²) in [5, 5.41) is 5.99. The van der Waals surface area contributed by atoms with Gasteiger partial charge in [-0.1, -0.05) is 22.0 Å². The van der Waals surface area contributed by atoms with Crippen molar-refractivity contribution in [1.29, 1.82) is 0 Å². The first-order chi connectivity index (χ1) is 10.7. The van der Waals surface area contributed by atoms with E-state index in [2.05, 4.69) is 31.1 Å². The van der Waals surface area contributed by atoms with E-state index >= 15 is 0 Å². The van der Waals surface area contributed by atoms with Crippen LogP contribution in [0.3, 0.4) is 0 Å². The van der Waals surface area contributed by atoms with E-state index in [1.807, 2.05) is 29.6 Å². The van der Waals surface area contributed by atoms with E-state index in [4.69, 9.17) is 0 Å². The summed E-state index contributed by atoms with van der Waals surface area (Å²) in [7, 11) is 0. The zero-order chi connectivity index (χ0) is 15.4. The van der Waals surface area contributed by atoms with Crippen molar-refractivity contribution in [3.8, 4) is 0 Å². The molecule has 0 atom stereocenters. The Bertz CT molecular complexity index is 652. The molecule has 1 amide bonds. The largest absolute Gasteiger partial charge is 0.326 e. The van der Waals surface area contributed by atoms with Gasteiger partial charge >= 0.3 is 0 Å². The van der Waals surface area contributed by atoms with Gasteiger partial charge in [0, 0.05) is 15.5 Å². The minimum atomic E-state index is -0.0314. The predicted molar refractivity (Wildman–Crippen MR) is 93.1 cm³/mol. The van der Waals surface area contributed by atoms with Gasteiger partial charge in [-0.2, -0.15) is 0 Å². The molecule has 22 heavy (non-hydrogen) atoms.